The molecule has 1 aromatic carbocycles. The van der Waals surface area contributed by atoms with Crippen molar-refractivity contribution in [2.45, 2.75) is 70.3 Å². The number of esters is 1. The lowest BCUT2D eigenvalue weighted by Gasteiger charge is -2.28. The lowest BCUT2D eigenvalue weighted by atomic mass is 9.84. The molecule has 0 spiro atoms. The van der Waals surface area contributed by atoms with E-state index in [9.17, 15) is 18.4 Å². The maximum absolute atomic E-state index is 14.4. The summed E-state index contributed by atoms with van der Waals surface area (Å²) >= 11 is 0. The van der Waals surface area contributed by atoms with E-state index in [0.717, 1.165) is 44.6 Å². The van der Waals surface area contributed by atoms with E-state index in [1.54, 1.807) is 6.92 Å². The van der Waals surface area contributed by atoms with Gasteiger partial charge in [-0.05, 0) is 44.2 Å². The van der Waals surface area contributed by atoms with Crippen molar-refractivity contribution in [3.63, 3.8) is 0 Å². The fraction of sp³-hybridized carbons (Fsp3) is 0.524. The van der Waals surface area contributed by atoms with E-state index >= 15 is 0 Å². The van der Waals surface area contributed by atoms with E-state index in [2.05, 4.69) is 5.32 Å². The van der Waals surface area contributed by atoms with Gasteiger partial charge >= 0.3 is 5.97 Å². The second-order valence-corrected chi connectivity index (χ2v) is 7.36. The normalized spacial score (nSPS) is 22.0. The Morgan fingerprint density at radius 3 is 2.48 bits per heavy atom. The van der Waals surface area contributed by atoms with Gasteiger partial charge in [0.1, 0.15) is 6.10 Å². The Kier molecular flexibility index (Phi) is 6.24. The van der Waals surface area contributed by atoms with Gasteiger partial charge < -0.3 is 10.1 Å². The van der Waals surface area contributed by atoms with E-state index in [1.165, 1.54) is 18.6 Å². The first-order valence-corrected chi connectivity index (χ1v) is 9.63. The zero-order chi connectivity index (χ0) is 19.4. The third-order valence-corrected chi connectivity index (χ3v) is 5.37. The third-order valence-electron chi connectivity index (χ3n) is 5.37. The van der Waals surface area contributed by atoms with Crippen LogP contribution in [-0.4, -0.2) is 18.0 Å². The van der Waals surface area contributed by atoms with Crippen molar-refractivity contribution in [2.24, 2.45) is 0 Å². The number of hydrogen-bond acceptors (Lipinski definition) is 3. The molecule has 1 amide bonds. The van der Waals surface area contributed by atoms with Gasteiger partial charge in [0.05, 0.1) is 5.57 Å². The Bertz CT molecular complexity index is 752. The van der Waals surface area contributed by atoms with Crippen molar-refractivity contribution in [3.05, 3.63) is 46.7 Å². The number of amides is 1. The van der Waals surface area contributed by atoms with Crippen LogP contribution >= 0.6 is 0 Å². The smallest absolute Gasteiger partial charge is 0.336 e. The molecule has 1 fully saturated rings. The molecule has 1 heterocycles. The van der Waals surface area contributed by atoms with Crippen molar-refractivity contribution in [1.82, 2.24) is 5.32 Å². The fourth-order valence-electron chi connectivity index (χ4n) is 3.98. The summed E-state index contributed by atoms with van der Waals surface area (Å²) in [5, 5.41) is 2.63. The molecule has 6 heteroatoms. The molecule has 1 N–H and O–H groups in total. The summed E-state index contributed by atoms with van der Waals surface area (Å²) < 4.78 is 33.8. The van der Waals surface area contributed by atoms with Crippen molar-refractivity contribution in [2.75, 3.05) is 0 Å². The Morgan fingerprint density at radius 1 is 1.11 bits per heavy atom. The first-order valence-electron chi connectivity index (χ1n) is 9.63. The molecule has 3 rings (SSSR count). The molecule has 0 saturated heterocycles. The minimum atomic E-state index is -1.03. The molecule has 27 heavy (non-hydrogen) atoms. The van der Waals surface area contributed by atoms with Crippen LogP contribution < -0.4 is 5.32 Å². The highest BCUT2D eigenvalue weighted by molar-refractivity contribution is 5.95. The van der Waals surface area contributed by atoms with E-state index < -0.39 is 23.5 Å². The largest absolute Gasteiger partial charge is 0.459 e. The zero-order valence-corrected chi connectivity index (χ0v) is 15.5. The molecule has 0 bridgehead atoms. The lowest BCUT2D eigenvalue weighted by Crippen LogP contribution is -2.35. The molecular weight excluding hydrogens is 352 g/mol. The van der Waals surface area contributed by atoms with Crippen LogP contribution in [-0.2, 0) is 14.3 Å². The van der Waals surface area contributed by atoms with Gasteiger partial charge in [-0.3, -0.25) is 4.79 Å². The van der Waals surface area contributed by atoms with Crippen LogP contribution in [0.4, 0.5) is 8.78 Å². The maximum Gasteiger partial charge on any atom is 0.336 e. The summed E-state index contributed by atoms with van der Waals surface area (Å²) in [5.74, 6) is -3.75. The molecule has 1 saturated carbocycles. The van der Waals surface area contributed by atoms with Gasteiger partial charge in [-0.2, -0.15) is 0 Å². The average molecular weight is 377 g/mol. The van der Waals surface area contributed by atoms with Gasteiger partial charge in [0.2, 0.25) is 5.91 Å². The molecule has 1 aliphatic carbocycles. The summed E-state index contributed by atoms with van der Waals surface area (Å²) in [6, 6.07) is 3.82. The quantitative estimate of drug-likeness (QED) is 0.789. The monoisotopic (exact) mass is 377 g/mol. The summed E-state index contributed by atoms with van der Waals surface area (Å²) in [7, 11) is 0. The first kappa shape index (κ1) is 19.5. The summed E-state index contributed by atoms with van der Waals surface area (Å²) in [5.41, 5.74) is 0.561. The van der Waals surface area contributed by atoms with E-state index in [-0.39, 0.29) is 29.6 Å². The van der Waals surface area contributed by atoms with Gasteiger partial charge in [0.25, 0.3) is 0 Å². The SMILES string of the molecule is CC1=C(C(=O)OC2CCCCCCC2)[C@@H](c2cccc(F)c2F)CC(=O)N1. The zero-order valence-electron chi connectivity index (χ0n) is 15.5. The van der Waals surface area contributed by atoms with Crippen LogP contribution in [0.15, 0.2) is 29.5 Å². The predicted molar refractivity (Wildman–Crippen MR) is 96.8 cm³/mol. The molecule has 0 unspecified atom stereocenters. The van der Waals surface area contributed by atoms with Crippen LogP contribution in [0.3, 0.4) is 0 Å². The van der Waals surface area contributed by atoms with Gasteiger partial charge in [0.15, 0.2) is 11.6 Å². The molecule has 146 valence electrons. The van der Waals surface area contributed by atoms with Gasteiger partial charge in [-0.15, -0.1) is 0 Å². The highest BCUT2D eigenvalue weighted by atomic mass is 19.2. The summed E-state index contributed by atoms with van der Waals surface area (Å²) in [4.78, 5) is 24.9. The Labute approximate surface area is 158 Å². The molecule has 0 aromatic heterocycles. The second kappa shape index (κ2) is 8.63. The molecule has 1 aliphatic heterocycles. The van der Waals surface area contributed by atoms with Crippen LogP contribution in [0.1, 0.15) is 69.8 Å². The Balaban J connectivity index is 1.87. The topological polar surface area (TPSA) is 55.4 Å². The number of carbonyl (C=O) groups is 2. The summed E-state index contributed by atoms with van der Waals surface area (Å²) in [6.45, 7) is 1.59. The predicted octanol–water partition coefficient (Wildman–Crippen LogP) is 4.50. The lowest BCUT2D eigenvalue weighted by molar-refractivity contribution is -0.145. The second-order valence-electron chi connectivity index (χ2n) is 7.36. The molecule has 2 aliphatic rings. The molecule has 1 atom stereocenters. The number of carbonyl (C=O) groups excluding carboxylic acids is 2. The van der Waals surface area contributed by atoms with Crippen molar-refractivity contribution >= 4 is 11.9 Å². The highest BCUT2D eigenvalue weighted by Gasteiger charge is 2.35. The van der Waals surface area contributed by atoms with Gasteiger partial charge in [-0.1, -0.05) is 31.4 Å². The molecule has 0 radical (unpaired) electrons. The number of halogens is 2. The van der Waals surface area contributed by atoms with E-state index in [0.29, 0.717) is 5.70 Å². The number of allylic oxidation sites excluding steroid dienone is 1. The Hall–Kier alpha value is -2.24. The van der Waals surface area contributed by atoms with Crippen molar-refractivity contribution in [1.29, 1.82) is 0 Å². The standard InChI is InChI=1S/C21H25F2NO3/c1-13-19(21(26)27-14-8-5-3-2-4-6-9-14)16(12-18(25)24-13)15-10-7-11-17(22)20(15)23/h7,10-11,14,16H,2-6,8-9,12H2,1H3,(H,24,25)/t16-/m1/s1. The van der Waals surface area contributed by atoms with Crippen LogP contribution in [0.2, 0.25) is 0 Å². The van der Waals surface area contributed by atoms with Crippen LogP contribution in [0.25, 0.3) is 0 Å². The molecular formula is C21H25F2NO3. The minimum Gasteiger partial charge on any atom is -0.459 e. The molecule has 1 aromatic rings. The van der Waals surface area contributed by atoms with Gasteiger partial charge in [0, 0.05) is 18.0 Å². The van der Waals surface area contributed by atoms with E-state index in [4.69, 9.17) is 4.74 Å². The average Bonchev–Trinajstić information content (AvgIpc) is 2.58. The van der Waals surface area contributed by atoms with Crippen molar-refractivity contribution < 1.29 is 23.1 Å². The van der Waals surface area contributed by atoms with E-state index in [1.807, 2.05) is 0 Å². The molecule has 4 nitrogen and oxygen atoms in total. The minimum absolute atomic E-state index is 0.00816. The summed E-state index contributed by atoms with van der Waals surface area (Å²) in [6.07, 6.45) is 6.81. The third kappa shape index (κ3) is 4.54. The number of benzene rings is 1. The maximum atomic E-state index is 14.4. The number of ether oxygens (including phenoxy) is 1. The van der Waals surface area contributed by atoms with Gasteiger partial charge in [-0.25, -0.2) is 13.6 Å². The highest BCUT2D eigenvalue weighted by Crippen LogP contribution is 2.36. The number of hydrogen-bond donors (Lipinski definition) is 1. The van der Waals surface area contributed by atoms with Crippen LogP contribution in [0, 0.1) is 11.6 Å². The number of nitrogens with one attached hydrogen (secondary N) is 1. The first-order chi connectivity index (χ1) is 13.0. The van der Waals surface area contributed by atoms with Crippen molar-refractivity contribution in [3.8, 4) is 0 Å². The fourth-order valence-corrected chi connectivity index (χ4v) is 3.98. The van der Waals surface area contributed by atoms with Crippen LogP contribution in [0.5, 0.6) is 0 Å². The number of rotatable bonds is 3. The Morgan fingerprint density at radius 2 is 1.78 bits per heavy atom.